The molecule has 0 bridgehead atoms. The molecule has 0 saturated heterocycles. The molecule has 0 fully saturated rings. The summed E-state index contributed by atoms with van der Waals surface area (Å²) in [4.78, 5) is 12.6. The van der Waals surface area contributed by atoms with Gasteiger partial charge in [0.05, 0.1) is 15.3 Å². The lowest BCUT2D eigenvalue weighted by Gasteiger charge is -2.20. The van der Waals surface area contributed by atoms with Crippen molar-refractivity contribution >= 4 is 60.9 Å². The first-order chi connectivity index (χ1) is 7.99. The van der Waals surface area contributed by atoms with Crippen LogP contribution >= 0.6 is 55.0 Å². The Morgan fingerprint density at radius 2 is 2.29 bits per heavy atom. The summed E-state index contributed by atoms with van der Waals surface area (Å²) in [6.45, 7) is 1.95. The molecule has 0 aliphatic heterocycles. The zero-order valence-electron chi connectivity index (χ0n) is 9.37. The van der Waals surface area contributed by atoms with Gasteiger partial charge in [-0.1, -0.05) is 0 Å². The average molecular weight is 403 g/mol. The number of halogens is 2. The largest absolute Gasteiger partial charge is 0.395 e. The molecule has 3 nitrogen and oxygen atoms in total. The Hall–Kier alpha value is 0.440. The van der Waals surface area contributed by atoms with Crippen LogP contribution in [0.25, 0.3) is 0 Å². The van der Waals surface area contributed by atoms with Crippen molar-refractivity contribution in [2.75, 3.05) is 12.9 Å². The van der Waals surface area contributed by atoms with Crippen LogP contribution in [0.2, 0.25) is 0 Å². The molecule has 0 aliphatic rings. The minimum absolute atomic E-state index is 0.0193. The second kappa shape index (κ2) is 7.13. The number of thiophene rings is 1. The molecular weight excluding hydrogens is 390 g/mol. The molecular formula is C10H13Br2NO2S2. The van der Waals surface area contributed by atoms with Crippen molar-refractivity contribution in [1.29, 1.82) is 0 Å². The molecule has 7 heteroatoms. The maximum Gasteiger partial charge on any atom is 0.261 e. The Bertz CT molecular complexity index is 374. The fourth-order valence-electron chi connectivity index (χ4n) is 1.27. The molecule has 2 N–H and O–H groups in total. The molecule has 0 aromatic carbocycles. The van der Waals surface area contributed by atoms with E-state index in [4.69, 9.17) is 5.11 Å². The SMILES string of the molecule is CSC(CO)C(C)NC(=O)c1cc(Br)c(Br)s1. The van der Waals surface area contributed by atoms with Crippen molar-refractivity contribution in [1.82, 2.24) is 5.32 Å². The predicted molar refractivity (Wildman–Crippen MR) is 81.0 cm³/mol. The molecule has 0 spiro atoms. The third-order valence-electron chi connectivity index (χ3n) is 2.27. The third kappa shape index (κ3) is 4.24. The molecule has 1 aromatic rings. The van der Waals surface area contributed by atoms with Crippen molar-refractivity contribution < 1.29 is 9.90 Å². The first kappa shape index (κ1) is 15.5. The van der Waals surface area contributed by atoms with Gasteiger partial charge in [-0.2, -0.15) is 11.8 Å². The minimum Gasteiger partial charge on any atom is -0.395 e. The molecule has 96 valence electrons. The van der Waals surface area contributed by atoms with Crippen LogP contribution in [0.3, 0.4) is 0 Å². The monoisotopic (exact) mass is 401 g/mol. The predicted octanol–water partition coefficient (Wildman–Crippen LogP) is 3.12. The fourth-order valence-corrected chi connectivity index (χ4v) is 3.83. The number of aliphatic hydroxyl groups is 1. The van der Waals surface area contributed by atoms with Gasteiger partial charge in [0.2, 0.25) is 0 Å². The zero-order chi connectivity index (χ0) is 13.0. The van der Waals surface area contributed by atoms with E-state index in [1.165, 1.54) is 11.3 Å². The summed E-state index contributed by atoms with van der Waals surface area (Å²) in [7, 11) is 0. The number of amides is 1. The first-order valence-corrected chi connectivity index (χ1v) is 8.58. The van der Waals surface area contributed by atoms with Crippen molar-refractivity contribution in [3.8, 4) is 0 Å². The van der Waals surface area contributed by atoms with Crippen LogP contribution in [0.15, 0.2) is 14.3 Å². The molecule has 0 radical (unpaired) electrons. The second-order valence-corrected chi connectivity index (χ2v) is 7.75. The van der Waals surface area contributed by atoms with Crippen LogP contribution in [0.5, 0.6) is 0 Å². The first-order valence-electron chi connectivity index (χ1n) is 4.89. The quantitative estimate of drug-likeness (QED) is 0.795. The van der Waals surface area contributed by atoms with E-state index in [0.29, 0.717) is 4.88 Å². The summed E-state index contributed by atoms with van der Waals surface area (Å²) in [5.74, 6) is -0.110. The van der Waals surface area contributed by atoms with E-state index >= 15 is 0 Å². The van der Waals surface area contributed by atoms with Crippen LogP contribution in [-0.2, 0) is 0 Å². The average Bonchev–Trinajstić information content (AvgIpc) is 2.61. The molecule has 1 heterocycles. The zero-order valence-corrected chi connectivity index (χ0v) is 14.2. The molecule has 1 aromatic heterocycles. The van der Waals surface area contributed by atoms with Gasteiger partial charge in [-0.05, 0) is 51.1 Å². The Labute approximate surface area is 126 Å². The molecule has 0 aliphatic carbocycles. The summed E-state index contributed by atoms with van der Waals surface area (Å²) >= 11 is 9.62. The number of hydrogen-bond donors (Lipinski definition) is 2. The van der Waals surface area contributed by atoms with Gasteiger partial charge >= 0.3 is 0 Å². The van der Waals surface area contributed by atoms with Gasteiger partial charge in [0.1, 0.15) is 0 Å². The van der Waals surface area contributed by atoms with Gasteiger partial charge in [-0.25, -0.2) is 0 Å². The van der Waals surface area contributed by atoms with Gasteiger partial charge in [-0.15, -0.1) is 11.3 Å². The number of thioether (sulfide) groups is 1. The summed E-state index contributed by atoms with van der Waals surface area (Å²) < 4.78 is 1.78. The van der Waals surface area contributed by atoms with Crippen molar-refractivity contribution in [3.63, 3.8) is 0 Å². The Balaban J connectivity index is 2.66. The number of aliphatic hydroxyl groups excluding tert-OH is 1. The molecule has 2 atom stereocenters. The van der Waals surface area contributed by atoms with Gasteiger partial charge in [0, 0.05) is 15.8 Å². The van der Waals surface area contributed by atoms with Crippen LogP contribution in [0, 0.1) is 0 Å². The topological polar surface area (TPSA) is 49.3 Å². The summed E-state index contributed by atoms with van der Waals surface area (Å²) in [5, 5.41) is 12.1. The Morgan fingerprint density at radius 3 is 2.71 bits per heavy atom. The number of carbonyl (C=O) groups is 1. The lowest BCUT2D eigenvalue weighted by atomic mass is 10.2. The van der Waals surface area contributed by atoms with Crippen molar-refractivity contribution in [2.45, 2.75) is 18.2 Å². The smallest absolute Gasteiger partial charge is 0.261 e. The van der Waals surface area contributed by atoms with Gasteiger partial charge in [0.25, 0.3) is 5.91 Å². The van der Waals surface area contributed by atoms with Crippen LogP contribution in [0.4, 0.5) is 0 Å². The van der Waals surface area contributed by atoms with E-state index in [2.05, 4.69) is 37.2 Å². The van der Waals surface area contributed by atoms with Gasteiger partial charge in [0.15, 0.2) is 0 Å². The normalized spacial score (nSPS) is 14.4. The molecule has 2 unspecified atom stereocenters. The molecule has 1 amide bonds. The lowest BCUT2D eigenvalue weighted by molar-refractivity contribution is 0.0940. The van der Waals surface area contributed by atoms with E-state index in [1.54, 1.807) is 17.8 Å². The molecule has 1 rings (SSSR count). The highest BCUT2D eigenvalue weighted by Crippen LogP contribution is 2.32. The Kier molecular flexibility index (Phi) is 6.50. The maximum atomic E-state index is 11.9. The summed E-state index contributed by atoms with van der Waals surface area (Å²) in [5.41, 5.74) is 0. The highest BCUT2D eigenvalue weighted by atomic mass is 79.9. The Morgan fingerprint density at radius 1 is 1.65 bits per heavy atom. The van der Waals surface area contributed by atoms with Gasteiger partial charge in [-0.3, -0.25) is 4.79 Å². The van der Waals surface area contributed by atoms with E-state index < -0.39 is 0 Å². The highest BCUT2D eigenvalue weighted by Gasteiger charge is 2.19. The van der Waals surface area contributed by atoms with Crippen LogP contribution in [-0.4, -0.2) is 35.2 Å². The van der Waals surface area contributed by atoms with Gasteiger partial charge < -0.3 is 10.4 Å². The fraction of sp³-hybridized carbons (Fsp3) is 0.500. The standard InChI is InChI=1S/C10H13Br2NO2S2/c1-5(8(4-14)16-2)13-10(15)7-3-6(11)9(12)17-7/h3,5,8,14H,4H2,1-2H3,(H,13,15). The number of carbonyl (C=O) groups excluding carboxylic acids is 1. The lowest BCUT2D eigenvalue weighted by Crippen LogP contribution is -2.40. The highest BCUT2D eigenvalue weighted by molar-refractivity contribution is 9.13. The molecule has 0 saturated carbocycles. The number of nitrogens with one attached hydrogen (secondary N) is 1. The third-order valence-corrected chi connectivity index (χ3v) is 6.69. The second-order valence-electron chi connectivity index (χ2n) is 3.45. The minimum atomic E-state index is -0.110. The number of hydrogen-bond acceptors (Lipinski definition) is 4. The number of rotatable bonds is 5. The van der Waals surface area contributed by atoms with Crippen LogP contribution < -0.4 is 5.32 Å². The summed E-state index contributed by atoms with van der Waals surface area (Å²) in [6, 6.07) is 1.71. The van der Waals surface area contributed by atoms with Crippen molar-refractivity contribution in [3.05, 3.63) is 19.2 Å². The molecule has 17 heavy (non-hydrogen) atoms. The van der Waals surface area contributed by atoms with E-state index in [-0.39, 0.29) is 23.8 Å². The van der Waals surface area contributed by atoms with E-state index in [9.17, 15) is 4.79 Å². The van der Waals surface area contributed by atoms with E-state index in [0.717, 1.165) is 8.26 Å². The van der Waals surface area contributed by atoms with E-state index in [1.807, 2.05) is 13.2 Å². The summed E-state index contributed by atoms with van der Waals surface area (Å²) in [6.07, 6.45) is 1.92. The van der Waals surface area contributed by atoms with Crippen LogP contribution in [0.1, 0.15) is 16.6 Å². The van der Waals surface area contributed by atoms with Crippen molar-refractivity contribution in [2.24, 2.45) is 0 Å². The maximum absolute atomic E-state index is 11.9.